The van der Waals surface area contributed by atoms with Crippen LogP contribution in [0.25, 0.3) is 26.6 Å². The highest BCUT2D eigenvalue weighted by Gasteiger charge is 2.45. The Bertz CT molecular complexity index is 2890. The zero-order valence-electron chi connectivity index (χ0n) is 39.9. The molecule has 5 atom stereocenters. The lowest BCUT2D eigenvalue weighted by Gasteiger charge is -2.35. The summed E-state index contributed by atoms with van der Waals surface area (Å²) in [6.45, 7) is 15.6. The number of nitrogens with one attached hydrogen (secondary N) is 2. The van der Waals surface area contributed by atoms with Crippen LogP contribution in [0.2, 0.25) is 0 Å². The summed E-state index contributed by atoms with van der Waals surface area (Å²) in [5.74, 6) is -0.127. The number of fused-ring (bicyclic) bond motifs is 3. The molecule has 0 radical (unpaired) electrons. The van der Waals surface area contributed by atoms with Crippen LogP contribution in [-0.2, 0) is 30.3 Å². The number of methoxy groups -OCH3 is 1. The Balaban J connectivity index is 0.930. The highest BCUT2D eigenvalue weighted by Crippen LogP contribution is 2.40. The normalized spacial score (nSPS) is 17.6. The topological polar surface area (TPSA) is 181 Å². The number of ether oxygens (including phenoxy) is 1. The van der Waals surface area contributed by atoms with Crippen molar-refractivity contribution in [1.82, 2.24) is 35.3 Å². The molecular weight excluding hydrogens is 897 g/mol. The van der Waals surface area contributed by atoms with Crippen LogP contribution in [-0.4, -0.2) is 91.0 Å². The van der Waals surface area contributed by atoms with Gasteiger partial charge in [0.25, 0.3) is 0 Å². The molecule has 0 saturated carbocycles. The number of rotatable bonds is 13. The highest BCUT2D eigenvalue weighted by molar-refractivity contribution is 7.15. The van der Waals surface area contributed by atoms with Crippen LogP contribution in [0.5, 0.6) is 0 Å². The van der Waals surface area contributed by atoms with Gasteiger partial charge in [0, 0.05) is 35.4 Å². The molecule has 3 N–H and O–H groups in total. The zero-order chi connectivity index (χ0) is 48.6. The van der Waals surface area contributed by atoms with E-state index in [1.807, 2.05) is 106 Å². The third-order valence-corrected chi connectivity index (χ3v) is 15.1. The van der Waals surface area contributed by atoms with Crippen molar-refractivity contribution < 1.29 is 29.0 Å². The van der Waals surface area contributed by atoms with Gasteiger partial charge in [0.15, 0.2) is 5.82 Å². The Hall–Kier alpha value is -6.36. The van der Waals surface area contributed by atoms with Gasteiger partial charge in [-0.2, -0.15) is 0 Å². The molecule has 0 bridgehead atoms. The van der Waals surface area contributed by atoms with E-state index in [0.29, 0.717) is 18.1 Å². The molecule has 3 amide bonds. The van der Waals surface area contributed by atoms with Crippen molar-refractivity contribution >= 4 is 52.1 Å². The van der Waals surface area contributed by atoms with E-state index in [4.69, 9.17) is 9.73 Å². The molecule has 0 unspecified atom stereocenters. The van der Waals surface area contributed by atoms with E-state index in [9.17, 15) is 24.3 Å². The Morgan fingerprint density at radius 1 is 0.912 bits per heavy atom. The second-order valence-corrected chi connectivity index (χ2v) is 20.9. The van der Waals surface area contributed by atoms with E-state index in [0.717, 1.165) is 70.7 Å². The molecule has 3 aromatic carbocycles. The fraction of sp³-hybridized carbons (Fsp3) is 0.385. The largest absolute Gasteiger partial charge is 0.469 e. The summed E-state index contributed by atoms with van der Waals surface area (Å²) < 4.78 is 7.05. The molecule has 354 valence electrons. The summed E-state index contributed by atoms with van der Waals surface area (Å²) in [7, 11) is 1.37. The number of nitrogens with zero attached hydrogens (tertiary/aromatic N) is 6. The van der Waals surface area contributed by atoms with Crippen molar-refractivity contribution in [2.24, 2.45) is 10.4 Å². The van der Waals surface area contributed by atoms with Crippen molar-refractivity contribution in [3.8, 4) is 26.6 Å². The number of esters is 1. The molecule has 68 heavy (non-hydrogen) atoms. The van der Waals surface area contributed by atoms with E-state index in [1.165, 1.54) is 12.0 Å². The summed E-state index contributed by atoms with van der Waals surface area (Å²) in [5, 5.41) is 26.6. The van der Waals surface area contributed by atoms with Crippen LogP contribution in [0, 0.1) is 33.1 Å². The second kappa shape index (κ2) is 19.7. The predicted molar refractivity (Wildman–Crippen MR) is 265 cm³/mol. The van der Waals surface area contributed by atoms with Gasteiger partial charge in [0.1, 0.15) is 29.0 Å². The van der Waals surface area contributed by atoms with Crippen molar-refractivity contribution in [1.29, 1.82) is 0 Å². The van der Waals surface area contributed by atoms with Crippen molar-refractivity contribution in [2.45, 2.75) is 111 Å². The zero-order valence-corrected chi connectivity index (χ0v) is 41.5. The third-order valence-electron chi connectivity index (χ3n) is 12.9. The van der Waals surface area contributed by atoms with Crippen molar-refractivity contribution in [2.75, 3.05) is 13.7 Å². The summed E-state index contributed by atoms with van der Waals surface area (Å²) in [5.41, 5.74) is 10.7. The van der Waals surface area contributed by atoms with E-state index in [2.05, 4.69) is 57.9 Å². The molecule has 5 heterocycles. The minimum Gasteiger partial charge on any atom is -0.469 e. The van der Waals surface area contributed by atoms with E-state index in [-0.39, 0.29) is 49.6 Å². The Labute approximate surface area is 404 Å². The first-order chi connectivity index (χ1) is 32.4. The van der Waals surface area contributed by atoms with E-state index < -0.39 is 35.6 Å². The minimum atomic E-state index is -0.936. The Morgan fingerprint density at radius 2 is 1.62 bits per heavy atom. The molecule has 8 rings (SSSR count). The van der Waals surface area contributed by atoms with Gasteiger partial charge in [-0.05, 0) is 79.8 Å². The lowest BCUT2D eigenvalue weighted by atomic mass is 9.85. The first kappa shape index (κ1) is 48.1. The van der Waals surface area contributed by atoms with Crippen LogP contribution in [0.4, 0.5) is 0 Å². The average Bonchev–Trinajstić information content (AvgIpc) is 4.09. The molecule has 0 aliphatic carbocycles. The maximum atomic E-state index is 14.3. The van der Waals surface area contributed by atoms with E-state index in [1.54, 1.807) is 22.7 Å². The third kappa shape index (κ3) is 9.94. The molecule has 2 aliphatic rings. The van der Waals surface area contributed by atoms with Gasteiger partial charge in [-0.3, -0.25) is 28.7 Å². The number of thiazole rings is 1. The summed E-state index contributed by atoms with van der Waals surface area (Å²) in [4.78, 5) is 67.6. The second-order valence-electron chi connectivity index (χ2n) is 18.8. The maximum Gasteiger partial charge on any atom is 0.308 e. The molecule has 1 fully saturated rings. The van der Waals surface area contributed by atoms with Crippen LogP contribution >= 0.6 is 22.7 Å². The quantitative estimate of drug-likeness (QED) is 0.0964. The van der Waals surface area contributed by atoms with Gasteiger partial charge in [-0.15, -0.1) is 32.9 Å². The van der Waals surface area contributed by atoms with Gasteiger partial charge in [-0.25, -0.2) is 4.98 Å². The summed E-state index contributed by atoms with van der Waals surface area (Å²) in [6.07, 6.45) is -0.190. The number of carbonyl (C=O) groups is 4. The first-order valence-corrected chi connectivity index (χ1v) is 24.6. The first-order valence-electron chi connectivity index (χ1n) is 22.9. The SMILES string of the molecule is COC(=O)C[C@@H]1N=C(c2ccc(-c3cccc(CCC(=O)N[C@H](C(=O)N4C[C@H](O)C[C@H]4C(=O)N[C@@H](C)c4ccc(-c5scnc5C)cc4)C(C)(C)C)c3)cc2)c2c(sc(C)c2C)-n2c(C)nnc21. The standard InChI is InChI=1S/C52H58N8O6S2/c1-28-31(4)68-51-44(28)45(55-40(25-43(63)66-9)48-58-57-32(5)60(48)51)36-18-16-35(17-19-36)38-12-10-11-33(23-38)13-22-42(62)56-47(52(6,7)8)50(65)59-26-39(61)24-41(59)49(64)54-29(2)34-14-20-37(21-15-34)46-30(3)53-27-67-46/h10-12,14-21,23,27,29,39-41,47,61H,13,22,24-26H2,1-9H3,(H,54,64)(H,56,62)/t29-,39+,40-,41-,47+/m0/s1. The summed E-state index contributed by atoms with van der Waals surface area (Å²) in [6, 6.07) is 21.4. The van der Waals surface area contributed by atoms with Crippen LogP contribution < -0.4 is 10.6 Å². The lowest BCUT2D eigenvalue weighted by molar-refractivity contribution is -0.144. The fourth-order valence-corrected chi connectivity index (χ4v) is 11.0. The molecule has 3 aromatic heterocycles. The molecule has 1 saturated heterocycles. The highest BCUT2D eigenvalue weighted by atomic mass is 32.1. The maximum absolute atomic E-state index is 14.3. The van der Waals surface area contributed by atoms with E-state index >= 15 is 0 Å². The van der Waals surface area contributed by atoms with Gasteiger partial charge >= 0.3 is 5.97 Å². The predicted octanol–water partition coefficient (Wildman–Crippen LogP) is 8.11. The van der Waals surface area contributed by atoms with Crippen LogP contribution in [0.3, 0.4) is 0 Å². The molecule has 16 heteroatoms. The number of hydrogen-bond acceptors (Lipinski definition) is 12. The Kier molecular flexibility index (Phi) is 13.9. The number of aliphatic imine (C=N–C) groups is 1. The molecular formula is C52H58N8O6S2. The minimum absolute atomic E-state index is 0.00779. The van der Waals surface area contributed by atoms with Crippen LogP contribution in [0.15, 0.2) is 83.3 Å². The lowest BCUT2D eigenvalue weighted by Crippen LogP contribution is -2.57. The van der Waals surface area contributed by atoms with Gasteiger partial charge in [-0.1, -0.05) is 93.6 Å². The summed E-state index contributed by atoms with van der Waals surface area (Å²) >= 11 is 3.23. The number of benzene rings is 3. The molecule has 2 aliphatic heterocycles. The molecule has 0 spiro atoms. The smallest absolute Gasteiger partial charge is 0.308 e. The number of amides is 3. The number of aryl methyl sites for hydroxylation is 4. The van der Waals surface area contributed by atoms with Gasteiger partial charge < -0.3 is 25.4 Å². The van der Waals surface area contributed by atoms with Crippen LogP contribution in [0.1, 0.15) is 109 Å². The Morgan fingerprint density at radius 3 is 2.29 bits per heavy atom. The number of β-amino-alcohol motifs (C(OH)–C–C–N with tert-alkyl or cyclic N) is 1. The number of hydrogen-bond donors (Lipinski definition) is 3. The number of carbonyl (C=O) groups excluding carboxylic acids is 4. The van der Waals surface area contributed by atoms with Crippen molar-refractivity contribution in [3.63, 3.8) is 0 Å². The van der Waals surface area contributed by atoms with Gasteiger partial charge in [0.05, 0.1) is 47.5 Å². The van der Waals surface area contributed by atoms with Gasteiger partial charge in [0.2, 0.25) is 17.7 Å². The number of aliphatic hydroxyl groups is 1. The molecule has 14 nitrogen and oxygen atoms in total. The monoisotopic (exact) mass is 954 g/mol. The number of aliphatic hydroxyl groups excluding tert-OH is 1. The number of thiophene rings is 1. The number of likely N-dealkylation sites (tertiary alicyclic amines) is 1. The fourth-order valence-electron chi connectivity index (χ4n) is 9.00. The average molecular weight is 955 g/mol. The number of aromatic nitrogens is 4. The molecule has 6 aromatic rings. The van der Waals surface area contributed by atoms with Crippen molar-refractivity contribution in [3.05, 3.63) is 128 Å².